The van der Waals surface area contributed by atoms with Crippen LogP contribution in [0.1, 0.15) is 20.3 Å². The van der Waals surface area contributed by atoms with E-state index in [9.17, 15) is 9.59 Å². The van der Waals surface area contributed by atoms with E-state index in [2.05, 4.69) is 15.5 Å². The Morgan fingerprint density at radius 1 is 1.17 bits per heavy atom. The van der Waals surface area contributed by atoms with Crippen molar-refractivity contribution < 1.29 is 14.3 Å². The van der Waals surface area contributed by atoms with Crippen LogP contribution in [0.5, 0.6) is 5.75 Å². The molecule has 1 aromatic rings. The van der Waals surface area contributed by atoms with Gasteiger partial charge in [0.05, 0.1) is 0 Å². The maximum atomic E-state index is 12.3. The summed E-state index contributed by atoms with van der Waals surface area (Å²) in [5.41, 5.74) is 0. The molecule has 0 bridgehead atoms. The topological polar surface area (TPSA) is 70.7 Å². The zero-order valence-corrected chi connectivity index (χ0v) is 15.0. The Kier molecular flexibility index (Phi) is 8.86. The summed E-state index contributed by atoms with van der Waals surface area (Å²) < 4.78 is 5.40. The molecule has 6 nitrogen and oxygen atoms in total. The van der Waals surface area contributed by atoms with E-state index in [4.69, 9.17) is 4.74 Å². The van der Waals surface area contributed by atoms with Crippen molar-refractivity contribution >= 4 is 11.8 Å². The van der Waals surface area contributed by atoms with Gasteiger partial charge in [-0.3, -0.25) is 9.59 Å². The fraction of sp³-hybridized carbons (Fsp3) is 0.556. The van der Waals surface area contributed by atoms with Crippen LogP contribution >= 0.6 is 0 Å². The van der Waals surface area contributed by atoms with E-state index in [1.165, 1.54) is 0 Å². The quantitative estimate of drug-likeness (QED) is 0.632. The normalized spacial score (nSPS) is 12.1. The summed E-state index contributed by atoms with van der Waals surface area (Å²) in [6.45, 7) is 5.20. The van der Waals surface area contributed by atoms with E-state index in [1.807, 2.05) is 46.1 Å². The van der Waals surface area contributed by atoms with E-state index in [0.29, 0.717) is 12.3 Å². The Balaban J connectivity index is 2.40. The van der Waals surface area contributed by atoms with Crippen molar-refractivity contribution in [3.63, 3.8) is 0 Å². The lowest BCUT2D eigenvalue weighted by molar-refractivity contribution is -0.131. The Bertz CT molecular complexity index is 503. The smallest absolute Gasteiger partial charge is 0.258 e. The molecule has 0 spiro atoms. The molecule has 1 atom stereocenters. The number of para-hydroxylation sites is 1. The number of benzene rings is 1. The van der Waals surface area contributed by atoms with Crippen molar-refractivity contribution in [3.05, 3.63) is 30.3 Å². The first kappa shape index (κ1) is 20.0. The summed E-state index contributed by atoms with van der Waals surface area (Å²) >= 11 is 0. The minimum Gasteiger partial charge on any atom is -0.484 e. The number of nitrogens with one attached hydrogen (secondary N) is 2. The van der Waals surface area contributed by atoms with Crippen molar-refractivity contribution in [3.8, 4) is 5.75 Å². The van der Waals surface area contributed by atoms with Gasteiger partial charge in [0.1, 0.15) is 11.8 Å². The van der Waals surface area contributed by atoms with Crippen LogP contribution in [0.15, 0.2) is 30.3 Å². The van der Waals surface area contributed by atoms with Crippen molar-refractivity contribution in [1.29, 1.82) is 0 Å². The first-order chi connectivity index (χ1) is 11.4. The lowest BCUT2D eigenvalue weighted by Crippen LogP contribution is -2.51. The second-order valence-corrected chi connectivity index (χ2v) is 6.34. The van der Waals surface area contributed by atoms with Crippen LogP contribution in [0.25, 0.3) is 0 Å². The standard InChI is InChI=1S/C18H29N3O3/c1-14(2)17(18(23)19-11-8-12-21(3)4)20-16(22)13-24-15-9-6-5-7-10-15/h5-7,9-10,14,17H,8,11-13H2,1-4H3,(H,19,23)(H,20,22). The number of ether oxygens (including phenoxy) is 1. The first-order valence-corrected chi connectivity index (χ1v) is 8.29. The van der Waals surface area contributed by atoms with Gasteiger partial charge in [0, 0.05) is 6.54 Å². The van der Waals surface area contributed by atoms with Crippen LogP contribution in [0.4, 0.5) is 0 Å². The number of amides is 2. The van der Waals surface area contributed by atoms with E-state index in [1.54, 1.807) is 12.1 Å². The summed E-state index contributed by atoms with van der Waals surface area (Å²) in [6.07, 6.45) is 0.870. The van der Waals surface area contributed by atoms with Crippen molar-refractivity contribution in [2.75, 3.05) is 33.8 Å². The Morgan fingerprint density at radius 3 is 2.42 bits per heavy atom. The number of rotatable bonds is 10. The fourth-order valence-corrected chi connectivity index (χ4v) is 2.13. The maximum absolute atomic E-state index is 12.3. The van der Waals surface area contributed by atoms with Gasteiger partial charge in [0.15, 0.2) is 6.61 Å². The summed E-state index contributed by atoms with van der Waals surface area (Å²) in [4.78, 5) is 26.4. The number of hydrogen-bond acceptors (Lipinski definition) is 4. The number of hydrogen-bond donors (Lipinski definition) is 2. The van der Waals surface area contributed by atoms with Gasteiger partial charge in [-0.05, 0) is 45.1 Å². The Hall–Kier alpha value is -2.08. The summed E-state index contributed by atoms with van der Waals surface area (Å²) in [6, 6.07) is 8.56. The van der Waals surface area contributed by atoms with Gasteiger partial charge in [-0.1, -0.05) is 32.0 Å². The highest BCUT2D eigenvalue weighted by Crippen LogP contribution is 2.08. The van der Waals surface area contributed by atoms with Gasteiger partial charge in [-0.15, -0.1) is 0 Å². The monoisotopic (exact) mass is 335 g/mol. The average Bonchev–Trinajstić information content (AvgIpc) is 2.55. The van der Waals surface area contributed by atoms with E-state index in [-0.39, 0.29) is 24.3 Å². The van der Waals surface area contributed by atoms with Gasteiger partial charge >= 0.3 is 0 Å². The molecule has 134 valence electrons. The molecule has 0 aromatic heterocycles. The highest BCUT2D eigenvalue weighted by atomic mass is 16.5. The van der Waals surface area contributed by atoms with E-state index < -0.39 is 6.04 Å². The fourth-order valence-electron chi connectivity index (χ4n) is 2.13. The molecule has 0 fully saturated rings. The second kappa shape index (κ2) is 10.6. The van der Waals surface area contributed by atoms with E-state index in [0.717, 1.165) is 13.0 Å². The zero-order chi connectivity index (χ0) is 17.9. The van der Waals surface area contributed by atoms with Gasteiger partial charge in [0.2, 0.25) is 5.91 Å². The Morgan fingerprint density at radius 2 is 1.83 bits per heavy atom. The molecule has 1 rings (SSSR count). The van der Waals surface area contributed by atoms with Crippen molar-refractivity contribution in [2.24, 2.45) is 5.92 Å². The third-order valence-electron chi connectivity index (χ3n) is 3.46. The molecule has 0 heterocycles. The van der Waals surface area contributed by atoms with E-state index >= 15 is 0 Å². The molecular weight excluding hydrogens is 306 g/mol. The molecule has 2 amide bonds. The summed E-state index contributed by atoms with van der Waals surface area (Å²) in [5, 5.41) is 5.63. The molecule has 2 N–H and O–H groups in total. The molecule has 1 aromatic carbocycles. The highest BCUT2D eigenvalue weighted by molar-refractivity contribution is 5.88. The molecule has 0 saturated carbocycles. The SMILES string of the molecule is CC(C)C(NC(=O)COc1ccccc1)C(=O)NCCCN(C)C. The minimum atomic E-state index is -0.559. The molecule has 0 aliphatic heterocycles. The molecule has 0 aliphatic rings. The van der Waals surface area contributed by atoms with Crippen LogP contribution in [0, 0.1) is 5.92 Å². The largest absolute Gasteiger partial charge is 0.484 e. The highest BCUT2D eigenvalue weighted by Gasteiger charge is 2.23. The van der Waals surface area contributed by atoms with Crippen LogP contribution in [0.3, 0.4) is 0 Å². The number of carbonyl (C=O) groups is 2. The maximum Gasteiger partial charge on any atom is 0.258 e. The Labute approximate surface area is 144 Å². The van der Waals surface area contributed by atoms with Crippen molar-refractivity contribution in [2.45, 2.75) is 26.3 Å². The number of nitrogens with zero attached hydrogens (tertiary/aromatic N) is 1. The van der Waals surface area contributed by atoms with Crippen LogP contribution in [-0.2, 0) is 9.59 Å². The molecule has 1 unspecified atom stereocenters. The minimum absolute atomic E-state index is 0.000441. The van der Waals surface area contributed by atoms with Crippen molar-refractivity contribution in [1.82, 2.24) is 15.5 Å². The summed E-state index contributed by atoms with van der Waals surface area (Å²) in [7, 11) is 3.98. The molecule has 0 saturated heterocycles. The lowest BCUT2D eigenvalue weighted by atomic mass is 10.0. The third kappa shape index (κ3) is 7.97. The third-order valence-corrected chi connectivity index (χ3v) is 3.46. The second-order valence-electron chi connectivity index (χ2n) is 6.34. The predicted octanol–water partition coefficient (Wildman–Crippen LogP) is 1.27. The van der Waals surface area contributed by atoms with Gasteiger partial charge in [-0.2, -0.15) is 0 Å². The summed E-state index contributed by atoms with van der Waals surface area (Å²) in [5.74, 6) is 0.166. The van der Waals surface area contributed by atoms with Gasteiger partial charge in [0.25, 0.3) is 5.91 Å². The molecule has 0 aliphatic carbocycles. The van der Waals surface area contributed by atoms with Crippen LogP contribution in [-0.4, -0.2) is 56.5 Å². The number of carbonyl (C=O) groups excluding carboxylic acids is 2. The lowest BCUT2D eigenvalue weighted by Gasteiger charge is -2.22. The predicted molar refractivity (Wildman–Crippen MR) is 94.9 cm³/mol. The van der Waals surface area contributed by atoms with Crippen LogP contribution in [0.2, 0.25) is 0 Å². The molecular formula is C18H29N3O3. The average molecular weight is 335 g/mol. The van der Waals surface area contributed by atoms with Gasteiger partial charge < -0.3 is 20.3 Å². The van der Waals surface area contributed by atoms with Crippen LogP contribution < -0.4 is 15.4 Å². The first-order valence-electron chi connectivity index (χ1n) is 8.29. The van der Waals surface area contributed by atoms with Gasteiger partial charge in [-0.25, -0.2) is 0 Å². The molecule has 0 radical (unpaired) electrons. The zero-order valence-electron chi connectivity index (χ0n) is 15.0. The molecule has 6 heteroatoms. The molecule has 24 heavy (non-hydrogen) atoms.